The third kappa shape index (κ3) is 4.65. The lowest BCUT2D eigenvalue weighted by Gasteiger charge is -2.33. The fourth-order valence-corrected chi connectivity index (χ4v) is 5.11. The molecule has 2 saturated heterocycles. The molecule has 1 saturated carbocycles. The maximum absolute atomic E-state index is 12.8. The van der Waals surface area contributed by atoms with Gasteiger partial charge >= 0.3 is 6.09 Å². The molecule has 2 aromatic rings. The standard InChI is InChI=1S/C25H29N5O4/c31-23-20-6-1-2-7-21(20)24(32)30(23)19-8-9-22(27-17-19)34-25(33)29-15-13-28(14-16-29)12-10-18-5-3-4-11-26-18/h3-5,8-9,11,17,20-21H,1-2,6-7,10,12-16H2. The van der Waals surface area contributed by atoms with Gasteiger partial charge in [0.2, 0.25) is 17.7 Å². The van der Waals surface area contributed by atoms with Gasteiger partial charge < -0.3 is 9.64 Å². The number of aromatic nitrogens is 2. The molecule has 2 unspecified atom stereocenters. The normalized spacial score (nSPS) is 23.2. The summed E-state index contributed by atoms with van der Waals surface area (Å²) in [4.78, 5) is 51.9. The van der Waals surface area contributed by atoms with Crippen LogP contribution in [0.1, 0.15) is 31.4 Å². The first-order valence-corrected chi connectivity index (χ1v) is 12.0. The number of ether oxygens (including phenoxy) is 1. The quantitative estimate of drug-likeness (QED) is 0.629. The summed E-state index contributed by atoms with van der Waals surface area (Å²) in [5.41, 5.74) is 1.50. The molecule has 0 bridgehead atoms. The van der Waals surface area contributed by atoms with E-state index in [1.807, 2.05) is 18.2 Å². The van der Waals surface area contributed by atoms with Gasteiger partial charge in [0.1, 0.15) is 0 Å². The average Bonchev–Trinajstić information content (AvgIpc) is 3.14. The zero-order valence-electron chi connectivity index (χ0n) is 19.1. The Morgan fingerprint density at radius 1 is 0.941 bits per heavy atom. The molecule has 2 aliphatic heterocycles. The first-order valence-electron chi connectivity index (χ1n) is 12.0. The van der Waals surface area contributed by atoms with Crippen LogP contribution in [0.3, 0.4) is 0 Å². The predicted octanol–water partition coefficient (Wildman–Crippen LogP) is 2.52. The van der Waals surface area contributed by atoms with Crippen molar-refractivity contribution in [1.29, 1.82) is 0 Å². The molecule has 4 heterocycles. The third-order valence-corrected chi connectivity index (χ3v) is 7.05. The van der Waals surface area contributed by atoms with Crippen molar-refractivity contribution in [2.45, 2.75) is 32.1 Å². The van der Waals surface area contributed by atoms with Crippen LogP contribution in [0.5, 0.6) is 5.88 Å². The first kappa shape index (κ1) is 22.5. The van der Waals surface area contributed by atoms with E-state index in [1.54, 1.807) is 23.2 Å². The number of imide groups is 1. The molecule has 9 nitrogen and oxygen atoms in total. The molecule has 34 heavy (non-hydrogen) atoms. The maximum atomic E-state index is 12.8. The molecular formula is C25H29N5O4. The fourth-order valence-electron chi connectivity index (χ4n) is 5.11. The number of amides is 3. The minimum atomic E-state index is -0.441. The van der Waals surface area contributed by atoms with E-state index < -0.39 is 6.09 Å². The van der Waals surface area contributed by atoms with Crippen LogP contribution < -0.4 is 9.64 Å². The van der Waals surface area contributed by atoms with E-state index in [1.165, 1.54) is 11.1 Å². The van der Waals surface area contributed by atoms with Crippen molar-refractivity contribution < 1.29 is 19.1 Å². The van der Waals surface area contributed by atoms with Crippen molar-refractivity contribution in [3.05, 3.63) is 48.4 Å². The van der Waals surface area contributed by atoms with Crippen LogP contribution in [0, 0.1) is 11.8 Å². The molecule has 0 aromatic carbocycles. The van der Waals surface area contributed by atoms with Crippen molar-refractivity contribution in [3.63, 3.8) is 0 Å². The second kappa shape index (κ2) is 9.89. The summed E-state index contributed by atoms with van der Waals surface area (Å²) in [6.07, 6.45) is 7.19. The van der Waals surface area contributed by atoms with E-state index in [4.69, 9.17) is 4.74 Å². The van der Waals surface area contributed by atoms with Gasteiger partial charge in [-0.15, -0.1) is 0 Å². The summed E-state index contributed by atoms with van der Waals surface area (Å²) in [7, 11) is 0. The highest BCUT2D eigenvalue weighted by atomic mass is 16.6. The lowest BCUT2D eigenvalue weighted by Crippen LogP contribution is -2.50. The molecule has 2 aromatic heterocycles. The first-order chi connectivity index (χ1) is 16.6. The molecule has 5 rings (SSSR count). The summed E-state index contributed by atoms with van der Waals surface area (Å²) in [6.45, 7) is 3.61. The van der Waals surface area contributed by atoms with E-state index in [9.17, 15) is 14.4 Å². The van der Waals surface area contributed by atoms with Crippen molar-refractivity contribution in [3.8, 4) is 5.88 Å². The molecule has 3 aliphatic rings. The highest BCUT2D eigenvalue weighted by Crippen LogP contribution is 2.40. The molecule has 3 fully saturated rings. The van der Waals surface area contributed by atoms with E-state index in [-0.39, 0.29) is 29.5 Å². The Balaban J connectivity index is 1.12. The number of hydrogen-bond acceptors (Lipinski definition) is 7. The summed E-state index contributed by atoms with van der Waals surface area (Å²) in [6, 6.07) is 9.09. The minimum Gasteiger partial charge on any atom is -0.391 e. The summed E-state index contributed by atoms with van der Waals surface area (Å²) in [5, 5.41) is 0. The molecular weight excluding hydrogens is 434 g/mol. The Morgan fingerprint density at radius 2 is 1.68 bits per heavy atom. The number of pyridine rings is 2. The van der Waals surface area contributed by atoms with Crippen molar-refractivity contribution in [1.82, 2.24) is 19.8 Å². The van der Waals surface area contributed by atoms with Gasteiger partial charge in [-0.1, -0.05) is 18.9 Å². The molecule has 3 amide bonds. The number of anilines is 1. The Kier molecular flexibility index (Phi) is 6.53. The molecule has 0 N–H and O–H groups in total. The van der Waals surface area contributed by atoms with Crippen molar-refractivity contribution in [2.24, 2.45) is 11.8 Å². The van der Waals surface area contributed by atoms with Crippen LogP contribution >= 0.6 is 0 Å². The highest BCUT2D eigenvalue weighted by Gasteiger charge is 2.48. The van der Waals surface area contributed by atoms with Crippen LogP contribution in [0.15, 0.2) is 42.7 Å². The Labute approximate surface area is 198 Å². The van der Waals surface area contributed by atoms with Crippen LogP contribution in [-0.4, -0.2) is 70.4 Å². The van der Waals surface area contributed by atoms with Crippen molar-refractivity contribution in [2.75, 3.05) is 37.6 Å². The van der Waals surface area contributed by atoms with E-state index in [0.29, 0.717) is 18.8 Å². The smallest absolute Gasteiger partial charge is 0.391 e. The maximum Gasteiger partial charge on any atom is 0.416 e. The number of hydrogen-bond donors (Lipinski definition) is 0. The van der Waals surface area contributed by atoms with Gasteiger partial charge in [-0.2, -0.15) is 0 Å². The third-order valence-electron chi connectivity index (χ3n) is 7.05. The van der Waals surface area contributed by atoms with Crippen LogP contribution in [0.2, 0.25) is 0 Å². The molecule has 1 aliphatic carbocycles. The zero-order chi connectivity index (χ0) is 23.5. The molecule has 0 radical (unpaired) electrons. The van der Waals surface area contributed by atoms with Gasteiger partial charge in [-0.05, 0) is 31.0 Å². The highest BCUT2D eigenvalue weighted by molar-refractivity contribution is 6.22. The van der Waals surface area contributed by atoms with Gasteiger partial charge in [0.15, 0.2) is 0 Å². The molecule has 2 atom stereocenters. The van der Waals surface area contributed by atoms with E-state index in [2.05, 4.69) is 14.9 Å². The number of fused-ring (bicyclic) bond motifs is 1. The zero-order valence-corrected chi connectivity index (χ0v) is 19.1. The minimum absolute atomic E-state index is 0.137. The monoisotopic (exact) mass is 463 g/mol. The molecule has 0 spiro atoms. The Hall–Kier alpha value is -3.33. The number of carbonyl (C=O) groups is 3. The molecule has 9 heteroatoms. The fraction of sp³-hybridized carbons (Fsp3) is 0.480. The SMILES string of the molecule is O=C(Oc1ccc(N2C(=O)C3CCCCC3C2=O)cn1)N1CCN(CCc2ccccn2)CC1. The predicted molar refractivity (Wildman–Crippen MR) is 124 cm³/mol. The van der Waals surface area contributed by atoms with Gasteiger partial charge in [0.05, 0.1) is 23.7 Å². The lowest BCUT2D eigenvalue weighted by atomic mass is 9.81. The largest absolute Gasteiger partial charge is 0.416 e. The topological polar surface area (TPSA) is 95.9 Å². The molecule has 178 valence electrons. The van der Waals surface area contributed by atoms with Gasteiger partial charge in [-0.25, -0.2) is 14.7 Å². The Bertz CT molecular complexity index is 1010. The second-order valence-electron chi connectivity index (χ2n) is 9.13. The van der Waals surface area contributed by atoms with Crippen LogP contribution in [0.25, 0.3) is 0 Å². The lowest BCUT2D eigenvalue weighted by molar-refractivity contribution is -0.122. The Morgan fingerprint density at radius 3 is 2.29 bits per heavy atom. The van der Waals surface area contributed by atoms with Gasteiger partial charge in [0, 0.05) is 57.1 Å². The summed E-state index contributed by atoms with van der Waals surface area (Å²) in [5.74, 6) is -0.532. The number of carbonyl (C=O) groups excluding carboxylic acids is 3. The number of nitrogens with zero attached hydrogens (tertiary/aromatic N) is 5. The van der Waals surface area contributed by atoms with Gasteiger partial charge in [-0.3, -0.25) is 19.5 Å². The van der Waals surface area contributed by atoms with E-state index in [0.717, 1.165) is 57.4 Å². The number of rotatable bonds is 5. The van der Waals surface area contributed by atoms with Crippen LogP contribution in [0.4, 0.5) is 10.5 Å². The van der Waals surface area contributed by atoms with Gasteiger partial charge in [0.25, 0.3) is 0 Å². The van der Waals surface area contributed by atoms with Crippen molar-refractivity contribution >= 4 is 23.6 Å². The average molecular weight is 464 g/mol. The summed E-state index contributed by atoms with van der Waals surface area (Å²) < 4.78 is 5.44. The number of piperazine rings is 1. The van der Waals surface area contributed by atoms with E-state index >= 15 is 0 Å². The summed E-state index contributed by atoms with van der Waals surface area (Å²) >= 11 is 0. The van der Waals surface area contributed by atoms with Crippen LogP contribution in [-0.2, 0) is 16.0 Å². The second-order valence-corrected chi connectivity index (χ2v) is 9.13.